The van der Waals surface area contributed by atoms with Gasteiger partial charge >= 0.3 is 6.09 Å². The van der Waals surface area contributed by atoms with Crippen molar-refractivity contribution < 1.29 is 18.2 Å². The SMILES string of the molecule is Cn1c(S(C)=O)nc2oc(-c3ccc(C4(NC(=O)OC(C)(C)C)CCC4)cc3)c(-c3ccccc3)c2c1=O. The summed E-state index contributed by atoms with van der Waals surface area (Å²) >= 11 is 0. The number of rotatable bonds is 5. The highest BCUT2D eigenvalue weighted by Gasteiger charge is 2.41. The molecule has 9 heteroatoms. The first-order chi connectivity index (χ1) is 18.0. The van der Waals surface area contributed by atoms with Gasteiger partial charge in [-0.25, -0.2) is 4.79 Å². The van der Waals surface area contributed by atoms with E-state index < -0.39 is 28.0 Å². The molecule has 198 valence electrons. The van der Waals surface area contributed by atoms with E-state index in [2.05, 4.69) is 10.3 Å². The number of ether oxygens (including phenoxy) is 1. The standard InChI is InChI=1S/C29H31N3O5S/c1-28(2,3)37-27(34)31-29(16-9-17-29)20-14-12-19(13-15-20)23-21(18-10-7-6-8-11-18)22-24(36-23)30-26(38(5)35)32(4)25(22)33/h6-8,10-15H,9,16-17H2,1-5H3,(H,31,34). The Kier molecular flexibility index (Phi) is 6.51. The highest BCUT2D eigenvalue weighted by atomic mass is 32.2. The van der Waals surface area contributed by atoms with Gasteiger partial charge < -0.3 is 14.5 Å². The lowest BCUT2D eigenvalue weighted by molar-refractivity contribution is 0.0377. The van der Waals surface area contributed by atoms with Crippen LogP contribution in [0.15, 0.2) is 69.0 Å². The lowest BCUT2D eigenvalue weighted by Crippen LogP contribution is -2.52. The summed E-state index contributed by atoms with van der Waals surface area (Å²) in [5.41, 5.74) is 1.97. The van der Waals surface area contributed by atoms with Crippen molar-refractivity contribution in [2.24, 2.45) is 7.05 Å². The van der Waals surface area contributed by atoms with Crippen molar-refractivity contribution in [2.75, 3.05) is 6.26 Å². The Morgan fingerprint density at radius 2 is 1.74 bits per heavy atom. The molecule has 0 aliphatic heterocycles. The van der Waals surface area contributed by atoms with Crippen LogP contribution in [-0.4, -0.2) is 31.7 Å². The number of benzene rings is 2. The number of hydrogen-bond donors (Lipinski definition) is 1. The third-order valence-corrected chi connectivity index (χ3v) is 7.74. The summed E-state index contributed by atoms with van der Waals surface area (Å²) in [7, 11) is 0.101. The first-order valence-corrected chi connectivity index (χ1v) is 14.1. The van der Waals surface area contributed by atoms with Gasteiger partial charge in [-0.05, 0) is 51.2 Å². The minimum Gasteiger partial charge on any atom is -0.444 e. The normalized spacial score (nSPS) is 15.6. The fraction of sp³-hybridized carbons (Fsp3) is 0.345. The smallest absolute Gasteiger partial charge is 0.408 e. The third-order valence-electron chi connectivity index (χ3n) is 6.86. The number of amides is 1. The number of nitrogens with zero attached hydrogens (tertiary/aromatic N) is 2. The van der Waals surface area contributed by atoms with E-state index in [0.717, 1.165) is 36.0 Å². The summed E-state index contributed by atoms with van der Waals surface area (Å²) in [6, 6.07) is 17.4. The molecule has 1 aliphatic carbocycles. The number of aromatic nitrogens is 2. The molecule has 0 bridgehead atoms. The molecule has 1 unspecified atom stereocenters. The molecule has 8 nitrogen and oxygen atoms in total. The molecule has 0 saturated heterocycles. The molecule has 2 heterocycles. The summed E-state index contributed by atoms with van der Waals surface area (Å²) in [6.07, 6.45) is 3.70. The molecule has 38 heavy (non-hydrogen) atoms. The predicted molar refractivity (Wildman–Crippen MR) is 147 cm³/mol. The Morgan fingerprint density at radius 3 is 2.29 bits per heavy atom. The van der Waals surface area contributed by atoms with Gasteiger partial charge in [-0.3, -0.25) is 13.6 Å². The van der Waals surface area contributed by atoms with E-state index >= 15 is 0 Å². The van der Waals surface area contributed by atoms with E-state index in [4.69, 9.17) is 9.15 Å². The molecule has 1 aliphatic rings. The Hall–Kier alpha value is -3.72. The minimum absolute atomic E-state index is 0.151. The Morgan fingerprint density at radius 1 is 1.08 bits per heavy atom. The molecule has 4 aromatic rings. The molecule has 0 spiro atoms. The van der Waals surface area contributed by atoms with Crippen molar-refractivity contribution in [1.82, 2.24) is 14.9 Å². The molecule has 1 amide bonds. The number of nitrogens with one attached hydrogen (secondary N) is 1. The van der Waals surface area contributed by atoms with Crippen LogP contribution in [0.2, 0.25) is 0 Å². The molecular weight excluding hydrogens is 502 g/mol. The van der Waals surface area contributed by atoms with E-state index in [9.17, 15) is 13.8 Å². The molecule has 2 aromatic heterocycles. The Balaban J connectivity index is 1.60. The van der Waals surface area contributed by atoms with Crippen LogP contribution >= 0.6 is 0 Å². The fourth-order valence-corrected chi connectivity index (χ4v) is 5.59. The first kappa shape index (κ1) is 25.9. The van der Waals surface area contributed by atoms with Gasteiger partial charge in [0, 0.05) is 24.4 Å². The number of furan rings is 1. The average molecular weight is 534 g/mol. The molecule has 1 fully saturated rings. The highest BCUT2D eigenvalue weighted by molar-refractivity contribution is 7.84. The minimum atomic E-state index is -1.47. The molecule has 1 saturated carbocycles. The van der Waals surface area contributed by atoms with Crippen LogP contribution in [0.25, 0.3) is 33.6 Å². The van der Waals surface area contributed by atoms with E-state index in [-0.39, 0.29) is 16.4 Å². The molecule has 0 radical (unpaired) electrons. The zero-order valence-electron chi connectivity index (χ0n) is 22.2. The van der Waals surface area contributed by atoms with Crippen LogP contribution < -0.4 is 10.9 Å². The largest absolute Gasteiger partial charge is 0.444 e. The second kappa shape index (κ2) is 9.54. The van der Waals surface area contributed by atoms with Gasteiger partial charge in [-0.15, -0.1) is 0 Å². The first-order valence-electron chi connectivity index (χ1n) is 12.5. The van der Waals surface area contributed by atoms with E-state index in [1.54, 1.807) is 7.05 Å². The van der Waals surface area contributed by atoms with Crippen LogP contribution in [0.5, 0.6) is 0 Å². The summed E-state index contributed by atoms with van der Waals surface area (Å²) in [6.45, 7) is 5.53. The van der Waals surface area contributed by atoms with Crippen LogP contribution in [0, 0.1) is 0 Å². The van der Waals surface area contributed by atoms with Crippen LogP contribution in [0.3, 0.4) is 0 Å². The fourth-order valence-electron chi connectivity index (χ4n) is 4.91. The van der Waals surface area contributed by atoms with E-state index in [0.29, 0.717) is 16.7 Å². The highest BCUT2D eigenvalue weighted by Crippen LogP contribution is 2.43. The van der Waals surface area contributed by atoms with Crippen molar-refractivity contribution in [3.8, 4) is 22.5 Å². The van der Waals surface area contributed by atoms with Gasteiger partial charge in [-0.2, -0.15) is 4.98 Å². The van der Waals surface area contributed by atoms with E-state index in [1.807, 2.05) is 75.4 Å². The number of alkyl carbamates (subject to hydrolysis) is 1. The van der Waals surface area contributed by atoms with Gasteiger partial charge in [0.15, 0.2) is 0 Å². The van der Waals surface area contributed by atoms with Crippen molar-refractivity contribution in [3.05, 3.63) is 70.5 Å². The Bertz CT molecular complexity index is 1590. The molecule has 1 atom stereocenters. The second-order valence-electron chi connectivity index (χ2n) is 10.7. The topological polar surface area (TPSA) is 103 Å². The molecular formula is C29H31N3O5S. The maximum absolute atomic E-state index is 13.4. The average Bonchev–Trinajstić information content (AvgIpc) is 3.23. The van der Waals surface area contributed by atoms with Crippen molar-refractivity contribution in [3.63, 3.8) is 0 Å². The maximum atomic E-state index is 13.4. The quantitative estimate of drug-likeness (QED) is 0.340. The van der Waals surface area contributed by atoms with E-state index in [1.165, 1.54) is 10.8 Å². The van der Waals surface area contributed by atoms with Gasteiger partial charge in [0.05, 0.1) is 16.3 Å². The van der Waals surface area contributed by atoms with Gasteiger partial charge in [-0.1, -0.05) is 54.6 Å². The number of carbonyl (C=O) groups is 1. The van der Waals surface area contributed by atoms with Crippen LogP contribution in [-0.2, 0) is 28.1 Å². The van der Waals surface area contributed by atoms with Crippen LogP contribution in [0.4, 0.5) is 4.79 Å². The second-order valence-corrected chi connectivity index (χ2v) is 12.0. The third kappa shape index (κ3) is 4.67. The zero-order valence-corrected chi connectivity index (χ0v) is 23.0. The predicted octanol–water partition coefficient (Wildman–Crippen LogP) is 5.50. The Labute approximate surface area is 223 Å². The number of hydrogen-bond acceptors (Lipinski definition) is 6. The monoisotopic (exact) mass is 533 g/mol. The summed E-state index contributed by atoms with van der Waals surface area (Å²) in [5.74, 6) is 0.504. The van der Waals surface area contributed by atoms with Crippen LogP contribution in [0.1, 0.15) is 45.6 Å². The summed E-state index contributed by atoms with van der Waals surface area (Å²) < 4.78 is 25.2. The molecule has 5 rings (SSSR count). The van der Waals surface area contributed by atoms with Crippen molar-refractivity contribution in [2.45, 2.75) is 56.3 Å². The van der Waals surface area contributed by atoms with Crippen molar-refractivity contribution in [1.29, 1.82) is 0 Å². The summed E-state index contributed by atoms with van der Waals surface area (Å²) in [5, 5.41) is 3.58. The maximum Gasteiger partial charge on any atom is 0.408 e. The van der Waals surface area contributed by atoms with Gasteiger partial charge in [0.25, 0.3) is 5.56 Å². The van der Waals surface area contributed by atoms with Gasteiger partial charge in [0.2, 0.25) is 10.9 Å². The number of carbonyl (C=O) groups excluding carboxylic acids is 1. The van der Waals surface area contributed by atoms with Gasteiger partial charge in [0.1, 0.15) is 16.7 Å². The zero-order chi connectivity index (χ0) is 27.2. The molecule has 1 N–H and O–H groups in total. The lowest BCUT2D eigenvalue weighted by Gasteiger charge is -2.43. The number of fused-ring (bicyclic) bond motifs is 1. The molecule has 2 aromatic carbocycles. The summed E-state index contributed by atoms with van der Waals surface area (Å²) in [4.78, 5) is 30.4. The van der Waals surface area contributed by atoms with Crippen molar-refractivity contribution >= 4 is 28.0 Å². The lowest BCUT2D eigenvalue weighted by atomic mass is 9.71.